The highest BCUT2D eigenvalue weighted by atomic mass is 16.5. The fourth-order valence-corrected chi connectivity index (χ4v) is 2.76. The van der Waals surface area contributed by atoms with Gasteiger partial charge in [0.15, 0.2) is 0 Å². The molecule has 26 heavy (non-hydrogen) atoms. The number of hydrogen-bond acceptors (Lipinski definition) is 5. The molecule has 0 aliphatic rings. The highest BCUT2D eigenvalue weighted by Crippen LogP contribution is 2.24. The van der Waals surface area contributed by atoms with Crippen LogP contribution in [0.25, 0.3) is 0 Å². The molecule has 6 nitrogen and oxygen atoms in total. The van der Waals surface area contributed by atoms with Crippen LogP contribution in [-0.2, 0) is 11.3 Å². The summed E-state index contributed by atoms with van der Waals surface area (Å²) >= 11 is 0. The van der Waals surface area contributed by atoms with Crippen molar-refractivity contribution in [1.29, 1.82) is 0 Å². The summed E-state index contributed by atoms with van der Waals surface area (Å²) in [6.07, 6.45) is 1.63. The quantitative estimate of drug-likeness (QED) is 0.726. The average Bonchev–Trinajstić information content (AvgIpc) is 2.65. The Morgan fingerprint density at radius 3 is 2.35 bits per heavy atom. The summed E-state index contributed by atoms with van der Waals surface area (Å²) < 4.78 is 15.9. The van der Waals surface area contributed by atoms with Crippen LogP contribution >= 0.6 is 0 Å². The van der Waals surface area contributed by atoms with Gasteiger partial charge >= 0.3 is 0 Å². The van der Waals surface area contributed by atoms with Gasteiger partial charge < -0.3 is 19.1 Å². The van der Waals surface area contributed by atoms with E-state index in [0.717, 1.165) is 11.1 Å². The molecule has 2 rings (SSSR count). The summed E-state index contributed by atoms with van der Waals surface area (Å²) in [5, 5.41) is 0. The zero-order chi connectivity index (χ0) is 19.1. The molecule has 0 saturated heterocycles. The first-order valence-corrected chi connectivity index (χ1v) is 8.43. The van der Waals surface area contributed by atoms with Crippen LogP contribution in [0.4, 0.5) is 0 Å². The Hall–Kier alpha value is -2.60. The number of ether oxygens (including phenoxy) is 3. The van der Waals surface area contributed by atoms with E-state index in [1.165, 1.54) is 0 Å². The van der Waals surface area contributed by atoms with Crippen LogP contribution in [0, 0.1) is 6.92 Å². The number of methoxy groups -OCH3 is 3. The molecule has 0 N–H and O–H groups in total. The number of pyridine rings is 1. The lowest BCUT2D eigenvalue weighted by Gasteiger charge is -2.29. The number of hydrogen-bond donors (Lipinski definition) is 0. The van der Waals surface area contributed by atoms with E-state index in [1.54, 1.807) is 38.5 Å². The zero-order valence-corrected chi connectivity index (χ0v) is 16.0. The van der Waals surface area contributed by atoms with Crippen molar-refractivity contribution >= 4 is 5.91 Å². The summed E-state index contributed by atoms with van der Waals surface area (Å²) in [5.74, 6) is 1.23. The van der Waals surface area contributed by atoms with Gasteiger partial charge in [0.05, 0.1) is 26.9 Å². The Bertz CT molecular complexity index is 726. The third-order valence-electron chi connectivity index (χ3n) is 4.18. The highest BCUT2D eigenvalue weighted by molar-refractivity contribution is 5.93. The Balaban J connectivity index is 2.37. The molecule has 2 aromatic rings. The van der Waals surface area contributed by atoms with Crippen LogP contribution < -0.4 is 9.47 Å². The predicted octanol–water partition coefficient (Wildman–Crippen LogP) is 3.08. The molecule has 1 amide bonds. The summed E-state index contributed by atoms with van der Waals surface area (Å²) in [7, 11) is 4.83. The van der Waals surface area contributed by atoms with Crippen molar-refractivity contribution in [3.8, 4) is 11.5 Å². The van der Waals surface area contributed by atoms with Crippen molar-refractivity contribution in [2.45, 2.75) is 26.4 Å². The summed E-state index contributed by atoms with van der Waals surface area (Å²) in [6.45, 7) is 4.66. The molecule has 0 aliphatic heterocycles. The van der Waals surface area contributed by atoms with E-state index in [-0.39, 0.29) is 11.9 Å². The van der Waals surface area contributed by atoms with Crippen molar-refractivity contribution in [1.82, 2.24) is 9.88 Å². The van der Waals surface area contributed by atoms with E-state index < -0.39 is 0 Å². The van der Waals surface area contributed by atoms with E-state index in [1.807, 2.05) is 38.1 Å². The van der Waals surface area contributed by atoms with Crippen molar-refractivity contribution in [2.75, 3.05) is 27.9 Å². The topological polar surface area (TPSA) is 60.9 Å². The van der Waals surface area contributed by atoms with Gasteiger partial charge in [-0.3, -0.25) is 9.78 Å². The molecule has 0 spiro atoms. The Morgan fingerprint density at radius 1 is 1.15 bits per heavy atom. The largest absolute Gasteiger partial charge is 0.497 e. The Kier molecular flexibility index (Phi) is 6.97. The van der Waals surface area contributed by atoms with E-state index in [2.05, 4.69) is 4.98 Å². The fourth-order valence-electron chi connectivity index (χ4n) is 2.76. The molecule has 1 heterocycles. The first-order valence-electron chi connectivity index (χ1n) is 8.43. The monoisotopic (exact) mass is 358 g/mol. The average molecular weight is 358 g/mol. The van der Waals surface area contributed by atoms with Gasteiger partial charge in [0.1, 0.15) is 17.2 Å². The number of benzene rings is 1. The molecule has 0 aliphatic carbocycles. The van der Waals surface area contributed by atoms with Gasteiger partial charge in [-0.25, -0.2) is 0 Å². The normalized spacial score (nSPS) is 11.7. The molecule has 1 aromatic heterocycles. The molecular weight excluding hydrogens is 332 g/mol. The number of rotatable bonds is 8. The van der Waals surface area contributed by atoms with E-state index in [4.69, 9.17) is 14.2 Å². The van der Waals surface area contributed by atoms with Gasteiger partial charge in [0, 0.05) is 25.9 Å². The third kappa shape index (κ3) is 4.73. The maximum absolute atomic E-state index is 13.1. The maximum Gasteiger partial charge on any atom is 0.273 e. The first kappa shape index (κ1) is 19.7. The van der Waals surface area contributed by atoms with Crippen LogP contribution in [0.15, 0.2) is 36.5 Å². The number of carbonyl (C=O) groups is 1. The summed E-state index contributed by atoms with van der Waals surface area (Å²) in [5.41, 5.74) is 2.20. The highest BCUT2D eigenvalue weighted by Gasteiger charge is 2.24. The standard InChI is InChI=1S/C20H26N2O4/c1-14-7-6-8-21-19(14)20(23)22(15(2)13-24-3)12-16-9-17(25-4)11-18(10-16)26-5/h6-11,15H,12-13H2,1-5H3. The number of nitrogens with zero attached hydrogens (tertiary/aromatic N) is 2. The predicted molar refractivity (Wildman–Crippen MR) is 99.7 cm³/mol. The molecular formula is C20H26N2O4. The van der Waals surface area contributed by atoms with Gasteiger partial charge in [0.25, 0.3) is 5.91 Å². The maximum atomic E-state index is 13.1. The van der Waals surface area contributed by atoms with Gasteiger partial charge in [0.2, 0.25) is 0 Å². The van der Waals surface area contributed by atoms with Gasteiger partial charge in [-0.1, -0.05) is 6.07 Å². The number of aryl methyl sites for hydroxylation is 1. The minimum Gasteiger partial charge on any atom is -0.497 e. The van der Waals surface area contributed by atoms with Crippen LogP contribution in [-0.4, -0.2) is 49.8 Å². The van der Waals surface area contributed by atoms with Crippen molar-refractivity contribution < 1.29 is 19.0 Å². The number of amides is 1. The van der Waals surface area contributed by atoms with Crippen LogP contribution in [0.1, 0.15) is 28.5 Å². The second kappa shape index (κ2) is 9.20. The molecule has 1 aromatic carbocycles. The second-order valence-corrected chi connectivity index (χ2v) is 6.13. The zero-order valence-electron chi connectivity index (χ0n) is 16.0. The summed E-state index contributed by atoms with van der Waals surface area (Å²) in [6, 6.07) is 9.18. The smallest absolute Gasteiger partial charge is 0.273 e. The molecule has 0 radical (unpaired) electrons. The molecule has 0 fully saturated rings. The van der Waals surface area contributed by atoms with Crippen LogP contribution in [0.2, 0.25) is 0 Å². The van der Waals surface area contributed by atoms with Crippen molar-refractivity contribution in [3.63, 3.8) is 0 Å². The number of carbonyl (C=O) groups excluding carboxylic acids is 1. The van der Waals surface area contributed by atoms with Gasteiger partial charge in [-0.05, 0) is 43.2 Å². The van der Waals surface area contributed by atoms with E-state index in [0.29, 0.717) is 30.3 Å². The van der Waals surface area contributed by atoms with Crippen LogP contribution in [0.3, 0.4) is 0 Å². The lowest BCUT2D eigenvalue weighted by Crippen LogP contribution is -2.41. The Labute approximate surface area is 154 Å². The van der Waals surface area contributed by atoms with Gasteiger partial charge in [-0.15, -0.1) is 0 Å². The van der Waals surface area contributed by atoms with E-state index in [9.17, 15) is 4.79 Å². The minimum absolute atomic E-state index is 0.119. The first-order chi connectivity index (χ1) is 12.5. The van der Waals surface area contributed by atoms with Crippen molar-refractivity contribution in [2.24, 2.45) is 0 Å². The third-order valence-corrected chi connectivity index (χ3v) is 4.18. The molecule has 0 saturated carbocycles. The lowest BCUT2D eigenvalue weighted by molar-refractivity contribution is 0.0535. The van der Waals surface area contributed by atoms with Crippen molar-refractivity contribution in [3.05, 3.63) is 53.3 Å². The number of aromatic nitrogens is 1. The lowest BCUT2D eigenvalue weighted by atomic mass is 10.1. The van der Waals surface area contributed by atoms with E-state index >= 15 is 0 Å². The molecule has 0 bridgehead atoms. The minimum atomic E-state index is -0.130. The van der Waals surface area contributed by atoms with Crippen LogP contribution in [0.5, 0.6) is 11.5 Å². The molecule has 1 atom stereocenters. The summed E-state index contributed by atoms with van der Waals surface area (Å²) in [4.78, 5) is 19.2. The second-order valence-electron chi connectivity index (χ2n) is 6.13. The molecule has 1 unspecified atom stereocenters. The Morgan fingerprint density at radius 2 is 1.81 bits per heavy atom. The molecule has 140 valence electrons. The molecule has 6 heteroatoms. The SMILES string of the molecule is COCC(C)N(Cc1cc(OC)cc(OC)c1)C(=O)c1ncccc1C. The fraction of sp³-hybridized carbons (Fsp3) is 0.400. The van der Waals surface area contributed by atoms with Gasteiger partial charge in [-0.2, -0.15) is 0 Å².